The third kappa shape index (κ3) is 6.13. The third-order valence-corrected chi connectivity index (χ3v) is 4.76. The fourth-order valence-electron chi connectivity index (χ4n) is 3.05. The quantitative estimate of drug-likeness (QED) is 0.697. The fourth-order valence-corrected chi connectivity index (χ4v) is 3.05. The highest BCUT2D eigenvalue weighted by atomic mass is 16.2. The Morgan fingerprint density at radius 3 is 2.35 bits per heavy atom. The van der Waals surface area contributed by atoms with Crippen molar-refractivity contribution in [2.24, 2.45) is 11.7 Å². The summed E-state index contributed by atoms with van der Waals surface area (Å²) < 4.78 is 0. The minimum absolute atomic E-state index is 0.0125. The normalized spacial score (nSPS) is 20.0. The predicted octanol–water partition coefficient (Wildman–Crippen LogP) is 2.39. The van der Waals surface area contributed by atoms with Crippen molar-refractivity contribution in [2.75, 3.05) is 19.6 Å². The maximum atomic E-state index is 12.4. The summed E-state index contributed by atoms with van der Waals surface area (Å²) in [5.41, 5.74) is 5.96. The summed E-state index contributed by atoms with van der Waals surface area (Å²) in [6.07, 6.45) is 6.43. The second-order valence-corrected chi connectivity index (χ2v) is 7.15. The van der Waals surface area contributed by atoms with Crippen molar-refractivity contribution in [1.29, 1.82) is 0 Å². The molecule has 0 aromatic rings. The summed E-state index contributed by atoms with van der Waals surface area (Å²) in [7, 11) is 0. The van der Waals surface area contributed by atoms with Gasteiger partial charge in [0.25, 0.3) is 0 Å². The average molecular weight is 325 g/mol. The van der Waals surface area contributed by atoms with Gasteiger partial charge >= 0.3 is 0 Å². The molecule has 2 amide bonds. The highest BCUT2D eigenvalue weighted by Gasteiger charge is 2.32. The SMILES string of the molecule is CCCCCCCC(=O)N1CCN(C(=O)C(N)C(C)C)CC1C. The number of nitrogens with zero attached hydrogens (tertiary/aromatic N) is 2. The van der Waals surface area contributed by atoms with E-state index in [1.807, 2.05) is 30.6 Å². The van der Waals surface area contributed by atoms with Crippen molar-refractivity contribution in [3.63, 3.8) is 0 Å². The lowest BCUT2D eigenvalue weighted by atomic mass is 10.0. The van der Waals surface area contributed by atoms with E-state index < -0.39 is 6.04 Å². The third-order valence-electron chi connectivity index (χ3n) is 4.76. The van der Waals surface area contributed by atoms with E-state index in [1.165, 1.54) is 19.3 Å². The molecule has 0 saturated carbocycles. The molecule has 0 radical (unpaired) electrons. The number of unbranched alkanes of at least 4 members (excludes halogenated alkanes) is 4. The van der Waals surface area contributed by atoms with E-state index in [9.17, 15) is 9.59 Å². The van der Waals surface area contributed by atoms with Gasteiger partial charge in [0.2, 0.25) is 11.8 Å². The number of carbonyl (C=O) groups is 2. The molecule has 0 aliphatic carbocycles. The minimum atomic E-state index is -0.442. The minimum Gasteiger partial charge on any atom is -0.338 e. The maximum Gasteiger partial charge on any atom is 0.239 e. The van der Waals surface area contributed by atoms with Gasteiger partial charge in [-0.25, -0.2) is 0 Å². The first-order valence-electron chi connectivity index (χ1n) is 9.22. The second-order valence-electron chi connectivity index (χ2n) is 7.15. The van der Waals surface area contributed by atoms with Crippen molar-refractivity contribution in [3.8, 4) is 0 Å². The van der Waals surface area contributed by atoms with Crippen LogP contribution in [0.5, 0.6) is 0 Å². The molecule has 1 rings (SSSR count). The Hall–Kier alpha value is -1.10. The van der Waals surface area contributed by atoms with Crippen LogP contribution in [0.4, 0.5) is 0 Å². The largest absolute Gasteiger partial charge is 0.338 e. The van der Waals surface area contributed by atoms with Crippen LogP contribution in [0.1, 0.15) is 66.2 Å². The van der Waals surface area contributed by atoms with Crippen molar-refractivity contribution < 1.29 is 9.59 Å². The van der Waals surface area contributed by atoms with Gasteiger partial charge in [-0.2, -0.15) is 0 Å². The van der Waals surface area contributed by atoms with E-state index in [4.69, 9.17) is 5.73 Å². The zero-order chi connectivity index (χ0) is 17.4. The summed E-state index contributed by atoms with van der Waals surface area (Å²) in [5, 5.41) is 0. The highest BCUT2D eigenvalue weighted by molar-refractivity contribution is 5.82. The number of amides is 2. The van der Waals surface area contributed by atoms with E-state index in [2.05, 4.69) is 6.92 Å². The lowest BCUT2D eigenvalue weighted by Gasteiger charge is -2.41. The number of hydrogen-bond donors (Lipinski definition) is 1. The maximum absolute atomic E-state index is 12.4. The Kier molecular flexibility index (Phi) is 8.59. The molecule has 0 aromatic carbocycles. The molecule has 1 saturated heterocycles. The summed E-state index contributed by atoms with van der Waals surface area (Å²) in [6.45, 7) is 9.97. The van der Waals surface area contributed by atoms with E-state index in [1.54, 1.807) is 0 Å². The molecule has 1 fully saturated rings. The monoisotopic (exact) mass is 325 g/mol. The molecule has 1 aliphatic rings. The molecule has 2 atom stereocenters. The molecular weight excluding hydrogens is 290 g/mol. The molecule has 2 N–H and O–H groups in total. The molecule has 0 bridgehead atoms. The zero-order valence-electron chi connectivity index (χ0n) is 15.4. The predicted molar refractivity (Wildman–Crippen MR) is 93.9 cm³/mol. The molecular formula is C18H35N3O2. The fraction of sp³-hybridized carbons (Fsp3) is 0.889. The van der Waals surface area contributed by atoms with Gasteiger partial charge in [-0.15, -0.1) is 0 Å². The molecule has 5 nitrogen and oxygen atoms in total. The van der Waals surface area contributed by atoms with Crippen LogP contribution in [0, 0.1) is 5.92 Å². The van der Waals surface area contributed by atoms with Crippen LogP contribution in [0.15, 0.2) is 0 Å². The molecule has 2 unspecified atom stereocenters. The second kappa shape index (κ2) is 9.91. The van der Waals surface area contributed by atoms with Crippen LogP contribution < -0.4 is 5.73 Å². The van der Waals surface area contributed by atoms with Gasteiger partial charge in [0.05, 0.1) is 6.04 Å². The first-order valence-corrected chi connectivity index (χ1v) is 9.22. The molecule has 1 aliphatic heterocycles. The molecule has 23 heavy (non-hydrogen) atoms. The standard InChI is InChI=1S/C18H35N3O2/c1-5-6-7-8-9-10-16(22)21-12-11-20(13-15(21)4)18(23)17(19)14(2)3/h14-15,17H,5-13,19H2,1-4H3. The molecule has 0 spiro atoms. The van der Waals surface area contributed by atoms with Gasteiger partial charge in [-0.05, 0) is 19.3 Å². The molecule has 134 valence electrons. The number of rotatable bonds is 8. The van der Waals surface area contributed by atoms with Crippen LogP contribution >= 0.6 is 0 Å². The van der Waals surface area contributed by atoms with Crippen LogP contribution in [-0.2, 0) is 9.59 Å². The van der Waals surface area contributed by atoms with Gasteiger partial charge in [0.15, 0.2) is 0 Å². The van der Waals surface area contributed by atoms with Crippen molar-refractivity contribution >= 4 is 11.8 Å². The summed E-state index contributed by atoms with van der Waals surface area (Å²) >= 11 is 0. The Morgan fingerprint density at radius 2 is 1.78 bits per heavy atom. The topological polar surface area (TPSA) is 66.6 Å². The number of nitrogens with two attached hydrogens (primary N) is 1. The zero-order valence-corrected chi connectivity index (χ0v) is 15.4. The average Bonchev–Trinajstić information content (AvgIpc) is 2.52. The van der Waals surface area contributed by atoms with E-state index in [0.717, 1.165) is 12.8 Å². The highest BCUT2D eigenvalue weighted by Crippen LogP contribution is 2.15. The lowest BCUT2D eigenvalue weighted by molar-refractivity contribution is -0.143. The summed E-state index contributed by atoms with van der Waals surface area (Å²) in [4.78, 5) is 28.4. The Labute approximate surface area is 141 Å². The number of piperazine rings is 1. The number of hydrogen-bond acceptors (Lipinski definition) is 3. The summed E-state index contributed by atoms with van der Waals surface area (Å²) in [5.74, 6) is 0.383. The van der Waals surface area contributed by atoms with E-state index in [0.29, 0.717) is 26.1 Å². The van der Waals surface area contributed by atoms with Gasteiger partial charge < -0.3 is 15.5 Å². The van der Waals surface area contributed by atoms with Gasteiger partial charge in [0, 0.05) is 32.1 Å². The van der Waals surface area contributed by atoms with Crippen LogP contribution in [0.3, 0.4) is 0 Å². The van der Waals surface area contributed by atoms with Crippen LogP contribution in [-0.4, -0.2) is 53.3 Å². The van der Waals surface area contributed by atoms with Crippen molar-refractivity contribution in [2.45, 2.75) is 78.3 Å². The van der Waals surface area contributed by atoms with Crippen LogP contribution in [0.2, 0.25) is 0 Å². The van der Waals surface area contributed by atoms with E-state index in [-0.39, 0.29) is 23.8 Å². The van der Waals surface area contributed by atoms with E-state index >= 15 is 0 Å². The lowest BCUT2D eigenvalue weighted by Crippen LogP contribution is -2.58. The van der Waals surface area contributed by atoms with Gasteiger partial charge in [-0.3, -0.25) is 9.59 Å². The molecule has 1 heterocycles. The summed E-state index contributed by atoms with van der Waals surface area (Å²) in [6, 6.07) is -0.363. The Morgan fingerprint density at radius 1 is 1.13 bits per heavy atom. The molecule has 0 aromatic heterocycles. The Bertz CT molecular complexity index is 384. The van der Waals surface area contributed by atoms with Crippen molar-refractivity contribution in [1.82, 2.24) is 9.80 Å². The molecule has 5 heteroatoms. The van der Waals surface area contributed by atoms with Crippen molar-refractivity contribution in [3.05, 3.63) is 0 Å². The first-order chi connectivity index (χ1) is 10.9. The van der Waals surface area contributed by atoms with Gasteiger partial charge in [-0.1, -0.05) is 46.5 Å². The Balaban J connectivity index is 2.40. The van der Waals surface area contributed by atoms with Crippen LogP contribution in [0.25, 0.3) is 0 Å². The number of carbonyl (C=O) groups excluding carboxylic acids is 2. The van der Waals surface area contributed by atoms with Gasteiger partial charge in [0.1, 0.15) is 0 Å². The smallest absolute Gasteiger partial charge is 0.239 e. The first kappa shape index (κ1) is 19.9.